The number of hydrogen-bond acceptors (Lipinski definition) is 2. The maximum Gasteiger partial charge on any atom is 0.239 e. The summed E-state index contributed by atoms with van der Waals surface area (Å²) in [6.45, 7) is 1.65. The van der Waals surface area contributed by atoms with E-state index >= 15 is 0 Å². The van der Waals surface area contributed by atoms with E-state index in [2.05, 4.69) is 21.2 Å². The fourth-order valence-corrected chi connectivity index (χ4v) is 2.47. The first kappa shape index (κ1) is 14.1. The topological polar surface area (TPSA) is 43.3 Å². The van der Waals surface area contributed by atoms with E-state index in [0.717, 1.165) is 21.8 Å². The normalized spacial score (nSPS) is 10.8. The predicted molar refractivity (Wildman–Crippen MR) is 79.1 cm³/mol. The number of rotatable bonds is 6. The van der Waals surface area contributed by atoms with Gasteiger partial charge in [0.05, 0.1) is 0 Å². The first-order chi connectivity index (χ1) is 9.22. The second-order valence-electron chi connectivity index (χ2n) is 4.31. The summed E-state index contributed by atoms with van der Waals surface area (Å²) in [5, 5.41) is 4.00. The molecule has 2 aromatic rings. The highest BCUT2D eigenvalue weighted by Gasteiger charge is 2.07. The minimum atomic E-state index is 0.0218. The molecule has 0 saturated carbocycles. The summed E-state index contributed by atoms with van der Waals surface area (Å²) >= 11 is 3.51. The van der Waals surface area contributed by atoms with Gasteiger partial charge in [0, 0.05) is 41.8 Å². The van der Waals surface area contributed by atoms with Crippen LogP contribution in [0, 0.1) is 0 Å². The minimum Gasteiger partial charge on any atom is -0.385 e. The highest BCUT2D eigenvalue weighted by Crippen LogP contribution is 2.24. The van der Waals surface area contributed by atoms with Crippen molar-refractivity contribution >= 4 is 32.7 Å². The van der Waals surface area contributed by atoms with Crippen molar-refractivity contribution in [1.82, 2.24) is 9.88 Å². The molecule has 0 aliphatic rings. The lowest BCUT2D eigenvalue weighted by Gasteiger charge is -2.07. The van der Waals surface area contributed by atoms with Crippen LogP contribution in [0.25, 0.3) is 10.9 Å². The Labute approximate surface area is 120 Å². The number of carbonyl (C=O) groups is 1. The maximum absolute atomic E-state index is 11.8. The summed E-state index contributed by atoms with van der Waals surface area (Å²) in [4.78, 5) is 11.8. The summed E-state index contributed by atoms with van der Waals surface area (Å²) in [5.74, 6) is 0.0218. The lowest BCUT2D eigenvalue weighted by Crippen LogP contribution is -2.28. The molecule has 0 aliphatic heterocycles. The van der Waals surface area contributed by atoms with Crippen LogP contribution in [0.2, 0.25) is 0 Å². The molecule has 1 heterocycles. The first-order valence-electron chi connectivity index (χ1n) is 6.21. The van der Waals surface area contributed by atoms with Crippen LogP contribution < -0.4 is 5.32 Å². The maximum atomic E-state index is 11.8. The van der Waals surface area contributed by atoms with Crippen molar-refractivity contribution in [3.63, 3.8) is 0 Å². The van der Waals surface area contributed by atoms with E-state index in [4.69, 9.17) is 4.74 Å². The van der Waals surface area contributed by atoms with Gasteiger partial charge in [-0.3, -0.25) is 4.79 Å². The number of ether oxygens (including phenoxy) is 1. The number of halogens is 1. The summed E-state index contributed by atoms with van der Waals surface area (Å²) < 4.78 is 7.93. The SMILES string of the molecule is COCCCNC(=O)Cn1ccc2c(Br)cccc21. The number of fused-ring (bicyclic) bond motifs is 1. The van der Waals surface area contributed by atoms with Crippen LogP contribution in [-0.4, -0.2) is 30.7 Å². The average molecular weight is 325 g/mol. The molecule has 0 bridgehead atoms. The summed E-state index contributed by atoms with van der Waals surface area (Å²) in [5.41, 5.74) is 1.06. The molecule has 5 heteroatoms. The third-order valence-electron chi connectivity index (χ3n) is 2.92. The van der Waals surface area contributed by atoms with Crippen molar-refractivity contribution in [1.29, 1.82) is 0 Å². The largest absolute Gasteiger partial charge is 0.385 e. The Bertz CT molecular complexity index is 566. The number of carbonyl (C=O) groups excluding carboxylic acids is 1. The lowest BCUT2D eigenvalue weighted by atomic mass is 10.2. The van der Waals surface area contributed by atoms with Gasteiger partial charge in [0.15, 0.2) is 0 Å². The standard InChI is InChI=1S/C14H17BrN2O2/c1-19-9-3-7-16-14(18)10-17-8-6-11-12(15)4-2-5-13(11)17/h2,4-6,8H,3,7,9-10H2,1H3,(H,16,18). The fourth-order valence-electron chi connectivity index (χ4n) is 1.98. The van der Waals surface area contributed by atoms with Gasteiger partial charge in [-0.25, -0.2) is 0 Å². The molecule has 1 N–H and O–H groups in total. The number of nitrogens with one attached hydrogen (secondary N) is 1. The molecule has 0 aliphatic carbocycles. The van der Waals surface area contributed by atoms with Gasteiger partial charge in [-0.15, -0.1) is 0 Å². The van der Waals surface area contributed by atoms with Gasteiger partial charge in [-0.2, -0.15) is 0 Å². The quantitative estimate of drug-likeness (QED) is 0.830. The Balaban J connectivity index is 1.98. The van der Waals surface area contributed by atoms with Crippen molar-refractivity contribution in [2.75, 3.05) is 20.3 Å². The number of methoxy groups -OCH3 is 1. The van der Waals surface area contributed by atoms with Crippen LogP contribution in [0.5, 0.6) is 0 Å². The van der Waals surface area contributed by atoms with E-state index in [1.807, 2.05) is 35.0 Å². The number of benzene rings is 1. The molecule has 1 aromatic carbocycles. The predicted octanol–water partition coefficient (Wildman–Crippen LogP) is 2.56. The van der Waals surface area contributed by atoms with Crippen LogP contribution >= 0.6 is 15.9 Å². The van der Waals surface area contributed by atoms with Crippen molar-refractivity contribution in [3.8, 4) is 0 Å². The molecule has 0 saturated heterocycles. The van der Waals surface area contributed by atoms with Gasteiger partial charge in [-0.05, 0) is 24.6 Å². The molecule has 0 atom stereocenters. The van der Waals surface area contributed by atoms with Gasteiger partial charge in [0.2, 0.25) is 5.91 Å². The van der Waals surface area contributed by atoms with E-state index in [-0.39, 0.29) is 5.91 Å². The molecule has 2 rings (SSSR count). The van der Waals surface area contributed by atoms with E-state index in [0.29, 0.717) is 19.7 Å². The fraction of sp³-hybridized carbons (Fsp3) is 0.357. The Morgan fingerprint density at radius 3 is 3.05 bits per heavy atom. The van der Waals surface area contributed by atoms with Crippen molar-refractivity contribution in [2.24, 2.45) is 0 Å². The molecule has 1 aromatic heterocycles. The van der Waals surface area contributed by atoms with Crippen LogP contribution in [-0.2, 0) is 16.1 Å². The first-order valence-corrected chi connectivity index (χ1v) is 7.00. The molecule has 0 spiro atoms. The minimum absolute atomic E-state index is 0.0218. The molecule has 4 nitrogen and oxygen atoms in total. The van der Waals surface area contributed by atoms with Gasteiger partial charge in [-0.1, -0.05) is 22.0 Å². The van der Waals surface area contributed by atoms with Crippen LogP contribution in [0.1, 0.15) is 6.42 Å². The average Bonchev–Trinajstić information content (AvgIpc) is 2.80. The van der Waals surface area contributed by atoms with Crippen molar-refractivity contribution < 1.29 is 9.53 Å². The number of hydrogen-bond donors (Lipinski definition) is 1. The molecule has 0 unspecified atom stereocenters. The van der Waals surface area contributed by atoms with Crippen LogP contribution in [0.3, 0.4) is 0 Å². The van der Waals surface area contributed by atoms with Crippen molar-refractivity contribution in [3.05, 3.63) is 34.9 Å². The summed E-state index contributed by atoms with van der Waals surface area (Å²) in [7, 11) is 1.66. The Morgan fingerprint density at radius 2 is 2.26 bits per heavy atom. The van der Waals surface area contributed by atoms with Crippen LogP contribution in [0.15, 0.2) is 34.9 Å². The molecule has 102 valence electrons. The molecule has 1 amide bonds. The lowest BCUT2D eigenvalue weighted by molar-refractivity contribution is -0.121. The molecular weight excluding hydrogens is 308 g/mol. The number of aromatic nitrogens is 1. The Kier molecular flexibility index (Phi) is 4.99. The van der Waals surface area contributed by atoms with E-state index in [9.17, 15) is 4.79 Å². The van der Waals surface area contributed by atoms with Crippen LogP contribution in [0.4, 0.5) is 0 Å². The molecular formula is C14H17BrN2O2. The van der Waals surface area contributed by atoms with Gasteiger partial charge < -0.3 is 14.6 Å². The van der Waals surface area contributed by atoms with E-state index < -0.39 is 0 Å². The van der Waals surface area contributed by atoms with E-state index in [1.165, 1.54) is 0 Å². The third kappa shape index (κ3) is 3.58. The highest BCUT2D eigenvalue weighted by molar-refractivity contribution is 9.10. The van der Waals surface area contributed by atoms with E-state index in [1.54, 1.807) is 7.11 Å². The Morgan fingerprint density at radius 1 is 1.42 bits per heavy atom. The second kappa shape index (κ2) is 6.73. The zero-order valence-corrected chi connectivity index (χ0v) is 12.4. The smallest absolute Gasteiger partial charge is 0.239 e. The number of amides is 1. The van der Waals surface area contributed by atoms with Gasteiger partial charge >= 0.3 is 0 Å². The summed E-state index contributed by atoms with van der Waals surface area (Å²) in [6.07, 6.45) is 2.77. The highest BCUT2D eigenvalue weighted by atomic mass is 79.9. The monoisotopic (exact) mass is 324 g/mol. The van der Waals surface area contributed by atoms with Gasteiger partial charge in [0.25, 0.3) is 0 Å². The molecule has 0 fully saturated rings. The third-order valence-corrected chi connectivity index (χ3v) is 3.61. The second-order valence-corrected chi connectivity index (χ2v) is 5.17. The van der Waals surface area contributed by atoms with Crippen molar-refractivity contribution in [2.45, 2.75) is 13.0 Å². The number of nitrogens with zero attached hydrogens (tertiary/aromatic N) is 1. The Hall–Kier alpha value is -1.33. The van der Waals surface area contributed by atoms with Gasteiger partial charge in [0.1, 0.15) is 6.54 Å². The molecule has 19 heavy (non-hydrogen) atoms. The summed E-state index contributed by atoms with van der Waals surface area (Å²) in [6, 6.07) is 7.99. The zero-order chi connectivity index (χ0) is 13.7. The zero-order valence-electron chi connectivity index (χ0n) is 10.9. The molecule has 0 radical (unpaired) electrons.